The number of halogens is 1. The van der Waals surface area contributed by atoms with Gasteiger partial charge < -0.3 is 10.8 Å². The Labute approximate surface area is 87.5 Å². The van der Waals surface area contributed by atoms with E-state index in [1.54, 1.807) is 12.1 Å². The Balaban J connectivity index is 2.78. The normalized spacial score (nSPS) is 12.5. The quantitative estimate of drug-likeness (QED) is 0.802. The third-order valence-electron chi connectivity index (χ3n) is 2.00. The van der Waals surface area contributed by atoms with Crippen LogP contribution in [0.15, 0.2) is 18.2 Å². The number of benzene rings is 1. The summed E-state index contributed by atoms with van der Waals surface area (Å²) in [4.78, 5) is 10.5. The van der Waals surface area contributed by atoms with Crippen molar-refractivity contribution in [3.8, 4) is 0 Å². The lowest BCUT2D eigenvalue weighted by atomic mass is 10.0. The molecular formula is C10H12ClNO2. The third kappa shape index (κ3) is 2.72. The van der Waals surface area contributed by atoms with Crippen LogP contribution in [0, 0.1) is 6.92 Å². The van der Waals surface area contributed by atoms with Gasteiger partial charge in [0.1, 0.15) is 6.04 Å². The van der Waals surface area contributed by atoms with E-state index >= 15 is 0 Å². The molecule has 0 spiro atoms. The molecule has 0 aromatic heterocycles. The second kappa shape index (κ2) is 4.44. The minimum Gasteiger partial charge on any atom is -0.480 e. The van der Waals surface area contributed by atoms with Crippen LogP contribution in [-0.2, 0) is 11.2 Å². The Morgan fingerprint density at radius 1 is 1.64 bits per heavy atom. The summed E-state index contributed by atoms with van der Waals surface area (Å²) in [5, 5.41) is 9.29. The van der Waals surface area contributed by atoms with Crippen LogP contribution in [0.25, 0.3) is 0 Å². The number of carbonyl (C=O) groups is 1. The van der Waals surface area contributed by atoms with Crippen LogP contribution in [0.5, 0.6) is 0 Å². The molecule has 76 valence electrons. The van der Waals surface area contributed by atoms with Crippen LogP contribution in [0.1, 0.15) is 11.1 Å². The zero-order chi connectivity index (χ0) is 10.7. The molecule has 0 aliphatic heterocycles. The summed E-state index contributed by atoms with van der Waals surface area (Å²) in [7, 11) is 0. The zero-order valence-corrected chi connectivity index (χ0v) is 8.58. The van der Waals surface area contributed by atoms with Crippen molar-refractivity contribution in [2.24, 2.45) is 5.73 Å². The lowest BCUT2D eigenvalue weighted by Crippen LogP contribution is -2.32. The van der Waals surface area contributed by atoms with Gasteiger partial charge in [-0.25, -0.2) is 0 Å². The number of hydrogen-bond donors (Lipinski definition) is 2. The monoisotopic (exact) mass is 213 g/mol. The second-order valence-corrected chi connectivity index (χ2v) is 3.64. The fraction of sp³-hybridized carbons (Fsp3) is 0.300. The molecule has 0 heterocycles. The van der Waals surface area contributed by atoms with E-state index in [1.807, 2.05) is 13.0 Å². The molecule has 0 fully saturated rings. The van der Waals surface area contributed by atoms with E-state index in [4.69, 9.17) is 22.4 Å². The van der Waals surface area contributed by atoms with E-state index < -0.39 is 12.0 Å². The fourth-order valence-electron chi connectivity index (χ4n) is 1.18. The smallest absolute Gasteiger partial charge is 0.320 e. The highest BCUT2D eigenvalue weighted by Crippen LogP contribution is 2.16. The highest BCUT2D eigenvalue weighted by Gasteiger charge is 2.12. The SMILES string of the molecule is Cc1cc(CC(N)C(=O)O)ccc1Cl. The van der Waals surface area contributed by atoms with Crippen molar-refractivity contribution in [3.05, 3.63) is 34.3 Å². The van der Waals surface area contributed by atoms with E-state index in [-0.39, 0.29) is 0 Å². The number of aliphatic carboxylic acids is 1. The Morgan fingerprint density at radius 2 is 2.29 bits per heavy atom. The molecule has 1 aromatic rings. The van der Waals surface area contributed by atoms with Gasteiger partial charge >= 0.3 is 5.97 Å². The molecule has 0 saturated heterocycles. The first-order chi connectivity index (χ1) is 6.50. The lowest BCUT2D eigenvalue weighted by molar-refractivity contribution is -0.138. The maximum absolute atomic E-state index is 10.5. The minimum absolute atomic E-state index is 0.327. The molecule has 0 aliphatic rings. The average Bonchev–Trinajstić information content (AvgIpc) is 2.11. The summed E-state index contributed by atoms with van der Waals surface area (Å²) in [6.45, 7) is 1.87. The number of carboxylic acid groups (broad SMARTS) is 1. The van der Waals surface area contributed by atoms with Crippen LogP contribution in [0.4, 0.5) is 0 Å². The molecule has 14 heavy (non-hydrogen) atoms. The number of rotatable bonds is 3. The van der Waals surface area contributed by atoms with Gasteiger partial charge in [-0.05, 0) is 30.5 Å². The van der Waals surface area contributed by atoms with Gasteiger partial charge in [-0.2, -0.15) is 0 Å². The van der Waals surface area contributed by atoms with E-state index in [0.717, 1.165) is 11.1 Å². The van der Waals surface area contributed by atoms with E-state index in [0.29, 0.717) is 11.4 Å². The van der Waals surface area contributed by atoms with Crippen LogP contribution in [0.2, 0.25) is 5.02 Å². The van der Waals surface area contributed by atoms with Gasteiger partial charge in [0, 0.05) is 5.02 Å². The van der Waals surface area contributed by atoms with Crippen molar-refractivity contribution in [1.82, 2.24) is 0 Å². The van der Waals surface area contributed by atoms with Crippen molar-refractivity contribution >= 4 is 17.6 Å². The molecule has 1 aromatic carbocycles. The van der Waals surface area contributed by atoms with Crippen LogP contribution >= 0.6 is 11.6 Å². The van der Waals surface area contributed by atoms with Crippen LogP contribution < -0.4 is 5.73 Å². The Morgan fingerprint density at radius 3 is 2.79 bits per heavy atom. The standard InChI is InChI=1S/C10H12ClNO2/c1-6-4-7(2-3-8(6)11)5-9(12)10(13)14/h2-4,9H,5,12H2,1H3,(H,13,14). The Bertz CT molecular complexity index is 352. The highest BCUT2D eigenvalue weighted by molar-refractivity contribution is 6.31. The highest BCUT2D eigenvalue weighted by atomic mass is 35.5. The summed E-state index contributed by atoms with van der Waals surface area (Å²) in [5.74, 6) is -0.988. The molecule has 0 saturated carbocycles. The summed E-state index contributed by atoms with van der Waals surface area (Å²) in [6.07, 6.45) is 0.327. The number of nitrogens with two attached hydrogens (primary N) is 1. The van der Waals surface area contributed by atoms with Crippen molar-refractivity contribution in [2.75, 3.05) is 0 Å². The van der Waals surface area contributed by atoms with Gasteiger partial charge in [0.05, 0.1) is 0 Å². The summed E-state index contributed by atoms with van der Waals surface area (Å²) >= 11 is 5.83. The van der Waals surface area contributed by atoms with Gasteiger partial charge in [-0.1, -0.05) is 23.7 Å². The van der Waals surface area contributed by atoms with Gasteiger partial charge in [-0.3, -0.25) is 4.79 Å². The predicted octanol–water partition coefficient (Wildman–Crippen LogP) is 1.60. The van der Waals surface area contributed by atoms with Gasteiger partial charge in [-0.15, -0.1) is 0 Å². The fourth-order valence-corrected chi connectivity index (χ4v) is 1.29. The first-order valence-electron chi connectivity index (χ1n) is 4.24. The van der Waals surface area contributed by atoms with E-state index in [2.05, 4.69) is 0 Å². The molecule has 0 radical (unpaired) electrons. The largest absolute Gasteiger partial charge is 0.480 e. The molecule has 3 nitrogen and oxygen atoms in total. The third-order valence-corrected chi connectivity index (χ3v) is 2.42. The Hall–Kier alpha value is -1.06. The number of carboxylic acids is 1. The second-order valence-electron chi connectivity index (χ2n) is 3.23. The maximum atomic E-state index is 10.5. The first kappa shape index (κ1) is 11.0. The molecular weight excluding hydrogens is 202 g/mol. The zero-order valence-electron chi connectivity index (χ0n) is 7.83. The van der Waals surface area contributed by atoms with Crippen molar-refractivity contribution in [3.63, 3.8) is 0 Å². The molecule has 4 heteroatoms. The number of hydrogen-bond acceptors (Lipinski definition) is 2. The van der Waals surface area contributed by atoms with E-state index in [1.165, 1.54) is 0 Å². The molecule has 0 amide bonds. The van der Waals surface area contributed by atoms with Crippen molar-refractivity contribution in [2.45, 2.75) is 19.4 Å². The molecule has 1 rings (SSSR count). The average molecular weight is 214 g/mol. The van der Waals surface area contributed by atoms with Gasteiger partial charge in [0.2, 0.25) is 0 Å². The Kier molecular flexibility index (Phi) is 3.49. The number of aryl methyl sites for hydroxylation is 1. The van der Waals surface area contributed by atoms with Crippen molar-refractivity contribution < 1.29 is 9.90 Å². The molecule has 1 unspecified atom stereocenters. The summed E-state index contributed by atoms with van der Waals surface area (Å²) in [5.41, 5.74) is 7.23. The predicted molar refractivity (Wildman–Crippen MR) is 55.5 cm³/mol. The maximum Gasteiger partial charge on any atom is 0.320 e. The lowest BCUT2D eigenvalue weighted by Gasteiger charge is -2.07. The van der Waals surface area contributed by atoms with Gasteiger partial charge in [0.15, 0.2) is 0 Å². The molecule has 3 N–H and O–H groups in total. The van der Waals surface area contributed by atoms with Crippen LogP contribution in [0.3, 0.4) is 0 Å². The van der Waals surface area contributed by atoms with Crippen molar-refractivity contribution in [1.29, 1.82) is 0 Å². The topological polar surface area (TPSA) is 63.3 Å². The minimum atomic E-state index is -0.988. The molecule has 0 aliphatic carbocycles. The summed E-state index contributed by atoms with van der Waals surface area (Å²) < 4.78 is 0. The van der Waals surface area contributed by atoms with Gasteiger partial charge in [0.25, 0.3) is 0 Å². The first-order valence-corrected chi connectivity index (χ1v) is 4.62. The van der Waals surface area contributed by atoms with E-state index in [9.17, 15) is 4.79 Å². The molecule has 1 atom stereocenters. The molecule has 0 bridgehead atoms. The van der Waals surface area contributed by atoms with Crippen LogP contribution in [-0.4, -0.2) is 17.1 Å². The summed E-state index contributed by atoms with van der Waals surface area (Å²) in [6, 6.07) is 4.54.